The summed E-state index contributed by atoms with van der Waals surface area (Å²) in [5, 5.41) is 20.1. The maximum absolute atomic E-state index is 10.9. The van der Waals surface area contributed by atoms with Crippen molar-refractivity contribution in [2.75, 3.05) is 13.1 Å². The van der Waals surface area contributed by atoms with Crippen LogP contribution in [0.5, 0.6) is 0 Å². The maximum atomic E-state index is 10.9. The van der Waals surface area contributed by atoms with E-state index >= 15 is 0 Å². The fourth-order valence-electron chi connectivity index (χ4n) is 2.16. The van der Waals surface area contributed by atoms with Crippen LogP contribution in [-0.2, 0) is 0 Å². The minimum absolute atomic E-state index is 0. The Morgan fingerprint density at radius 1 is 1.35 bits per heavy atom. The number of amides is 1. The molecule has 0 aromatic heterocycles. The number of nitrogens with zero attached hydrogens (tertiary/aromatic N) is 1. The zero-order valence-electron chi connectivity index (χ0n) is 10.6. The third-order valence-electron chi connectivity index (χ3n) is 3.19. The first-order chi connectivity index (χ1) is 9.08. The van der Waals surface area contributed by atoms with Gasteiger partial charge in [-0.05, 0) is 6.07 Å². The lowest BCUT2D eigenvalue weighted by Crippen LogP contribution is -3.15. The highest BCUT2D eigenvalue weighted by atomic mass is 35.5. The Morgan fingerprint density at radius 3 is 2.50 bits per heavy atom. The Bertz CT molecular complexity index is 492. The van der Waals surface area contributed by atoms with Crippen molar-refractivity contribution in [3.8, 4) is 0 Å². The molecule has 0 aliphatic carbocycles. The van der Waals surface area contributed by atoms with E-state index in [1.54, 1.807) is 18.2 Å². The van der Waals surface area contributed by atoms with Crippen molar-refractivity contribution in [3.63, 3.8) is 0 Å². The first kappa shape index (κ1) is 16.7. The maximum Gasteiger partial charge on any atom is 0.511 e. The fourth-order valence-corrected chi connectivity index (χ4v) is 3.41. The molecule has 0 bridgehead atoms. The summed E-state index contributed by atoms with van der Waals surface area (Å²) in [6.07, 6.45) is 0.714. The van der Waals surface area contributed by atoms with Crippen LogP contribution in [0.4, 0.5) is 10.5 Å². The predicted octanol–water partition coefficient (Wildman–Crippen LogP) is -1.58. The molecule has 1 aliphatic heterocycles. The molecule has 2 N–H and O–H groups in total. The van der Waals surface area contributed by atoms with Crippen molar-refractivity contribution in [3.05, 3.63) is 34.4 Å². The molecule has 6 nitrogen and oxygen atoms in total. The first-order valence-electron chi connectivity index (χ1n) is 6.06. The number of carbonyl (C=O) groups is 1. The molecular weight excluding hydrogens is 304 g/mol. The van der Waals surface area contributed by atoms with E-state index in [9.17, 15) is 14.9 Å². The van der Waals surface area contributed by atoms with Gasteiger partial charge in [-0.15, -0.1) is 11.8 Å². The van der Waals surface area contributed by atoms with Crippen molar-refractivity contribution < 1.29 is 32.1 Å². The molecule has 8 heteroatoms. The van der Waals surface area contributed by atoms with E-state index in [0.29, 0.717) is 22.9 Å². The lowest BCUT2D eigenvalue weighted by Gasteiger charge is -2.25. The molecule has 1 amide bonds. The largest absolute Gasteiger partial charge is 1.00 e. The van der Waals surface area contributed by atoms with E-state index < -0.39 is 6.09 Å². The van der Waals surface area contributed by atoms with Gasteiger partial charge in [-0.25, -0.2) is 4.90 Å². The van der Waals surface area contributed by atoms with Crippen LogP contribution in [0.3, 0.4) is 0 Å². The smallest absolute Gasteiger partial charge is 0.511 e. The van der Waals surface area contributed by atoms with Crippen LogP contribution in [0.25, 0.3) is 0 Å². The van der Waals surface area contributed by atoms with Crippen molar-refractivity contribution in [1.29, 1.82) is 0 Å². The van der Waals surface area contributed by atoms with Gasteiger partial charge in [0.05, 0.1) is 22.9 Å². The minimum Gasteiger partial charge on any atom is -1.00 e. The highest BCUT2D eigenvalue weighted by molar-refractivity contribution is 8.00. The zero-order valence-corrected chi connectivity index (χ0v) is 12.2. The Hall–Kier alpha value is -1.31. The summed E-state index contributed by atoms with van der Waals surface area (Å²) < 4.78 is 0. The van der Waals surface area contributed by atoms with Gasteiger partial charge in [-0.3, -0.25) is 10.1 Å². The highest BCUT2D eigenvalue weighted by Gasteiger charge is 2.28. The average molecular weight is 319 g/mol. The molecule has 1 saturated heterocycles. The number of hydrogen-bond donors (Lipinski definition) is 2. The summed E-state index contributed by atoms with van der Waals surface area (Å²) >= 11 is 1.49. The number of likely N-dealkylation sites (tertiary alicyclic amines) is 1. The van der Waals surface area contributed by atoms with E-state index in [0.717, 1.165) is 12.8 Å². The number of quaternary nitrogens is 1. The number of nitro groups is 1. The Labute approximate surface area is 126 Å². The van der Waals surface area contributed by atoms with E-state index in [1.807, 2.05) is 0 Å². The van der Waals surface area contributed by atoms with Crippen LogP contribution < -0.4 is 17.3 Å². The Balaban J connectivity index is 0.00000200. The number of halogens is 1. The monoisotopic (exact) mass is 318 g/mol. The third kappa shape index (κ3) is 4.09. The number of hydrogen-bond acceptors (Lipinski definition) is 4. The summed E-state index contributed by atoms with van der Waals surface area (Å²) in [4.78, 5) is 22.6. The van der Waals surface area contributed by atoms with Gasteiger partial charge >= 0.3 is 6.09 Å². The summed E-state index contributed by atoms with van der Waals surface area (Å²) in [5.74, 6) is 0. The van der Waals surface area contributed by atoms with E-state index in [4.69, 9.17) is 5.11 Å². The van der Waals surface area contributed by atoms with Crippen LogP contribution in [0, 0.1) is 10.1 Å². The molecule has 0 unspecified atom stereocenters. The zero-order chi connectivity index (χ0) is 13.8. The number of benzene rings is 1. The van der Waals surface area contributed by atoms with Gasteiger partial charge in [0.25, 0.3) is 5.69 Å². The van der Waals surface area contributed by atoms with Gasteiger partial charge in [0.15, 0.2) is 0 Å². The quantitative estimate of drug-likeness (QED) is 0.519. The fraction of sp³-hybridized carbons (Fsp3) is 0.417. The molecule has 1 heterocycles. The van der Waals surface area contributed by atoms with E-state index in [2.05, 4.69) is 0 Å². The molecule has 0 atom stereocenters. The second-order valence-corrected chi connectivity index (χ2v) is 5.79. The molecule has 2 rings (SSSR count). The van der Waals surface area contributed by atoms with Gasteiger partial charge in [-0.2, -0.15) is 4.79 Å². The normalized spacial score (nSPS) is 21.8. The summed E-state index contributed by atoms with van der Waals surface area (Å²) in [7, 11) is 0. The number of rotatable bonds is 3. The van der Waals surface area contributed by atoms with E-state index in [1.165, 1.54) is 17.8 Å². The van der Waals surface area contributed by atoms with Crippen molar-refractivity contribution >= 4 is 23.5 Å². The second kappa shape index (κ2) is 7.47. The standard InChI is InChI=1S/C12H14N2O4S.ClH/c15-12(16)13-7-5-9(6-8-13)19-11-4-2-1-3-10(11)14(17)18;/h1-4,9H,5-8H2,(H,15,16);1H. The van der Waals surface area contributed by atoms with E-state index in [-0.39, 0.29) is 28.3 Å². The summed E-state index contributed by atoms with van der Waals surface area (Å²) in [6, 6.07) is 6.69. The number of nitro benzene ring substituents is 1. The lowest BCUT2D eigenvalue weighted by molar-refractivity contribution is -0.828. The summed E-state index contributed by atoms with van der Waals surface area (Å²) in [5.41, 5.74) is 0.125. The lowest BCUT2D eigenvalue weighted by atomic mass is 10.1. The van der Waals surface area contributed by atoms with Gasteiger partial charge < -0.3 is 17.5 Å². The van der Waals surface area contributed by atoms with Crippen LogP contribution in [0.1, 0.15) is 12.8 Å². The molecule has 1 fully saturated rings. The van der Waals surface area contributed by atoms with Crippen LogP contribution >= 0.6 is 11.8 Å². The summed E-state index contributed by atoms with van der Waals surface area (Å²) in [6.45, 7) is 1.15. The first-order valence-corrected chi connectivity index (χ1v) is 6.94. The van der Waals surface area contributed by atoms with Gasteiger partial charge in [0.2, 0.25) is 0 Å². The SMILES string of the molecule is O=C(O)[NH+]1CCC(Sc2ccccc2[N+](=O)[O-])CC1.[Cl-]. The van der Waals surface area contributed by atoms with Gasteiger partial charge in [-0.1, -0.05) is 12.1 Å². The second-order valence-electron chi connectivity index (χ2n) is 4.45. The molecular formula is C12H15ClN2O4S. The van der Waals surface area contributed by atoms with Crippen LogP contribution in [0.2, 0.25) is 0 Å². The highest BCUT2D eigenvalue weighted by Crippen LogP contribution is 2.34. The number of piperidine rings is 1. The molecule has 1 aromatic carbocycles. The van der Waals surface area contributed by atoms with Crippen LogP contribution in [0.15, 0.2) is 29.2 Å². The molecule has 1 aliphatic rings. The Morgan fingerprint density at radius 2 is 1.95 bits per heavy atom. The van der Waals surface area contributed by atoms with Crippen molar-refractivity contribution in [2.45, 2.75) is 23.0 Å². The third-order valence-corrected chi connectivity index (χ3v) is 4.60. The van der Waals surface area contributed by atoms with Gasteiger partial charge in [0.1, 0.15) is 0 Å². The number of nitrogens with one attached hydrogen (secondary N) is 1. The molecule has 0 saturated carbocycles. The minimum atomic E-state index is -0.811. The topological polar surface area (TPSA) is 84.9 Å². The van der Waals surface area contributed by atoms with Crippen molar-refractivity contribution in [2.24, 2.45) is 0 Å². The number of para-hydroxylation sites is 1. The average Bonchev–Trinajstić information content (AvgIpc) is 2.39. The van der Waals surface area contributed by atoms with Crippen molar-refractivity contribution in [1.82, 2.24) is 0 Å². The van der Waals surface area contributed by atoms with Crippen LogP contribution in [-0.4, -0.2) is 34.5 Å². The number of thioether (sulfide) groups is 1. The molecule has 0 spiro atoms. The molecule has 110 valence electrons. The predicted molar refractivity (Wildman–Crippen MR) is 70.7 cm³/mol. The molecule has 20 heavy (non-hydrogen) atoms. The number of carboxylic acid groups (broad SMARTS) is 1. The van der Waals surface area contributed by atoms with Gasteiger partial charge in [0, 0.05) is 24.2 Å². The molecule has 1 aromatic rings. The Kier molecular flexibility index (Phi) is 6.25. The molecule has 0 radical (unpaired) electrons.